The van der Waals surface area contributed by atoms with E-state index in [4.69, 9.17) is 0 Å². The van der Waals surface area contributed by atoms with Gasteiger partial charge in [-0.2, -0.15) is 0 Å². The molecular weight excluding hydrogens is 392 g/mol. The Hall–Kier alpha value is -2.93. The van der Waals surface area contributed by atoms with Crippen molar-refractivity contribution in [3.63, 3.8) is 0 Å². The number of carbonyl (C=O) groups is 2. The standard InChI is InChI=1S/C24H30N4O3/c29-22(25-19-9-2-3-10-19)17-28-15-7-11-20(24(28)31)23(30)26-21-12-4-1-8-18(21)16-27-13-5-6-14-27/h1,4,7-8,11-12,15,19H,2-3,5-6,9-10,13-14,16-17H2,(H,25,29)(H,26,30). The first-order valence-corrected chi connectivity index (χ1v) is 11.2. The Bertz CT molecular complexity index is 988. The highest BCUT2D eigenvalue weighted by Gasteiger charge is 2.19. The average molecular weight is 423 g/mol. The van der Waals surface area contributed by atoms with Gasteiger partial charge in [0.15, 0.2) is 0 Å². The maximum Gasteiger partial charge on any atom is 0.263 e. The van der Waals surface area contributed by atoms with Crippen molar-refractivity contribution in [2.45, 2.75) is 57.7 Å². The molecule has 1 saturated carbocycles. The summed E-state index contributed by atoms with van der Waals surface area (Å²) in [6.45, 7) is 2.82. The molecule has 1 saturated heterocycles. The minimum absolute atomic E-state index is 0.0344. The first-order valence-electron chi connectivity index (χ1n) is 11.2. The Balaban J connectivity index is 1.45. The third kappa shape index (κ3) is 5.41. The first-order chi connectivity index (χ1) is 15.1. The third-order valence-electron chi connectivity index (χ3n) is 6.16. The topological polar surface area (TPSA) is 83.4 Å². The molecule has 0 spiro atoms. The number of nitrogens with one attached hydrogen (secondary N) is 2. The molecule has 1 aliphatic carbocycles. The molecule has 2 heterocycles. The van der Waals surface area contributed by atoms with Crippen LogP contribution >= 0.6 is 0 Å². The second kappa shape index (κ2) is 9.92. The summed E-state index contributed by atoms with van der Waals surface area (Å²) in [5, 5.41) is 5.88. The highest BCUT2D eigenvalue weighted by atomic mass is 16.2. The smallest absolute Gasteiger partial charge is 0.263 e. The van der Waals surface area contributed by atoms with E-state index in [-0.39, 0.29) is 24.1 Å². The van der Waals surface area contributed by atoms with Crippen LogP contribution in [-0.4, -0.2) is 40.4 Å². The van der Waals surface area contributed by atoms with Crippen LogP contribution in [-0.2, 0) is 17.9 Å². The molecule has 4 rings (SSSR count). The maximum absolute atomic E-state index is 12.9. The van der Waals surface area contributed by atoms with Gasteiger partial charge < -0.3 is 15.2 Å². The van der Waals surface area contributed by atoms with Crippen molar-refractivity contribution in [2.75, 3.05) is 18.4 Å². The van der Waals surface area contributed by atoms with Crippen molar-refractivity contribution in [1.29, 1.82) is 0 Å². The number of benzene rings is 1. The van der Waals surface area contributed by atoms with Gasteiger partial charge in [0.1, 0.15) is 12.1 Å². The van der Waals surface area contributed by atoms with E-state index in [0.717, 1.165) is 50.9 Å². The zero-order valence-electron chi connectivity index (χ0n) is 17.8. The van der Waals surface area contributed by atoms with Gasteiger partial charge in [0.25, 0.3) is 11.5 Å². The van der Waals surface area contributed by atoms with Crippen LogP contribution in [0.4, 0.5) is 5.69 Å². The number of likely N-dealkylation sites (tertiary alicyclic amines) is 1. The summed E-state index contributed by atoms with van der Waals surface area (Å²) >= 11 is 0. The molecule has 164 valence electrons. The fourth-order valence-electron chi connectivity index (χ4n) is 4.48. The molecule has 0 radical (unpaired) electrons. The Labute approximate surface area is 182 Å². The third-order valence-corrected chi connectivity index (χ3v) is 6.16. The number of amides is 2. The van der Waals surface area contributed by atoms with E-state index in [1.165, 1.54) is 23.5 Å². The molecule has 2 fully saturated rings. The number of aromatic nitrogens is 1. The SMILES string of the molecule is O=C(Cn1cccc(C(=O)Nc2ccccc2CN2CCCC2)c1=O)NC1CCCC1. The molecule has 2 N–H and O–H groups in total. The number of hydrogen-bond acceptors (Lipinski definition) is 4. The van der Waals surface area contributed by atoms with Crippen molar-refractivity contribution in [1.82, 2.24) is 14.8 Å². The van der Waals surface area contributed by atoms with Crippen molar-refractivity contribution in [3.05, 3.63) is 64.1 Å². The highest BCUT2D eigenvalue weighted by Crippen LogP contribution is 2.20. The molecule has 0 atom stereocenters. The zero-order chi connectivity index (χ0) is 21.6. The second-order valence-electron chi connectivity index (χ2n) is 8.50. The molecule has 2 amide bonds. The zero-order valence-corrected chi connectivity index (χ0v) is 17.8. The van der Waals surface area contributed by atoms with Gasteiger partial charge in [-0.25, -0.2) is 0 Å². The monoisotopic (exact) mass is 422 g/mol. The lowest BCUT2D eigenvalue weighted by molar-refractivity contribution is -0.122. The van der Waals surface area contributed by atoms with Crippen LogP contribution in [0.25, 0.3) is 0 Å². The number of hydrogen-bond donors (Lipinski definition) is 2. The van der Waals surface area contributed by atoms with E-state index in [2.05, 4.69) is 15.5 Å². The van der Waals surface area contributed by atoms with Gasteiger partial charge in [-0.15, -0.1) is 0 Å². The van der Waals surface area contributed by atoms with Gasteiger partial charge in [-0.1, -0.05) is 31.0 Å². The predicted molar refractivity (Wildman–Crippen MR) is 120 cm³/mol. The van der Waals surface area contributed by atoms with Crippen molar-refractivity contribution < 1.29 is 9.59 Å². The maximum atomic E-state index is 12.9. The van der Waals surface area contributed by atoms with E-state index < -0.39 is 11.5 Å². The number of carbonyl (C=O) groups excluding carboxylic acids is 2. The predicted octanol–water partition coefficient (Wildman–Crippen LogP) is 2.76. The van der Waals surface area contributed by atoms with Gasteiger partial charge in [0.05, 0.1) is 0 Å². The lowest BCUT2D eigenvalue weighted by Crippen LogP contribution is -2.38. The fourth-order valence-corrected chi connectivity index (χ4v) is 4.48. The van der Waals surface area contributed by atoms with E-state index >= 15 is 0 Å². The van der Waals surface area contributed by atoms with E-state index in [0.29, 0.717) is 5.69 Å². The van der Waals surface area contributed by atoms with E-state index in [1.54, 1.807) is 12.3 Å². The van der Waals surface area contributed by atoms with Crippen LogP contribution in [0.1, 0.15) is 54.4 Å². The normalized spacial score (nSPS) is 17.0. The summed E-state index contributed by atoms with van der Waals surface area (Å²) in [4.78, 5) is 40.4. The summed E-state index contributed by atoms with van der Waals surface area (Å²) in [6.07, 6.45) is 8.17. The molecule has 2 aliphatic rings. The van der Waals surface area contributed by atoms with Gasteiger partial charge in [-0.3, -0.25) is 19.3 Å². The molecule has 7 nitrogen and oxygen atoms in total. The average Bonchev–Trinajstić information content (AvgIpc) is 3.45. The van der Waals surface area contributed by atoms with Gasteiger partial charge in [0, 0.05) is 24.5 Å². The number of para-hydroxylation sites is 1. The molecule has 1 aromatic carbocycles. The Morgan fingerprint density at radius 3 is 2.48 bits per heavy atom. The summed E-state index contributed by atoms with van der Waals surface area (Å²) in [5.74, 6) is -0.646. The van der Waals surface area contributed by atoms with E-state index in [9.17, 15) is 14.4 Å². The van der Waals surface area contributed by atoms with Crippen molar-refractivity contribution in [3.8, 4) is 0 Å². The fraction of sp³-hybridized carbons (Fsp3) is 0.458. The lowest BCUT2D eigenvalue weighted by atomic mass is 10.1. The van der Waals surface area contributed by atoms with Gasteiger partial charge in [0.2, 0.25) is 5.91 Å². The molecular formula is C24H30N4O3. The number of anilines is 1. The molecule has 0 bridgehead atoms. The van der Waals surface area contributed by atoms with Crippen molar-refractivity contribution in [2.24, 2.45) is 0 Å². The van der Waals surface area contributed by atoms with Crippen LogP contribution in [0.15, 0.2) is 47.4 Å². The summed E-state index contributed by atoms with van der Waals surface area (Å²) < 4.78 is 1.30. The molecule has 7 heteroatoms. The lowest BCUT2D eigenvalue weighted by Gasteiger charge is -2.18. The molecule has 1 aliphatic heterocycles. The van der Waals surface area contributed by atoms with Crippen LogP contribution in [0, 0.1) is 0 Å². The van der Waals surface area contributed by atoms with E-state index in [1.807, 2.05) is 24.3 Å². The van der Waals surface area contributed by atoms with Gasteiger partial charge in [-0.05, 0) is 62.5 Å². The number of nitrogens with zero attached hydrogens (tertiary/aromatic N) is 2. The minimum atomic E-state index is -0.460. The van der Waals surface area contributed by atoms with Crippen LogP contribution in [0.2, 0.25) is 0 Å². The summed E-state index contributed by atoms with van der Waals surface area (Å²) in [5.41, 5.74) is 1.32. The highest BCUT2D eigenvalue weighted by molar-refractivity contribution is 6.04. The quantitative estimate of drug-likeness (QED) is 0.719. The largest absolute Gasteiger partial charge is 0.352 e. The van der Waals surface area contributed by atoms with Crippen LogP contribution in [0.5, 0.6) is 0 Å². The number of pyridine rings is 1. The van der Waals surface area contributed by atoms with Gasteiger partial charge >= 0.3 is 0 Å². The molecule has 2 aromatic rings. The van der Waals surface area contributed by atoms with Crippen LogP contribution < -0.4 is 16.2 Å². The Morgan fingerprint density at radius 2 is 1.71 bits per heavy atom. The molecule has 0 unspecified atom stereocenters. The van der Waals surface area contributed by atoms with Crippen LogP contribution in [0.3, 0.4) is 0 Å². The summed E-state index contributed by atoms with van der Waals surface area (Å²) in [7, 11) is 0. The number of rotatable bonds is 7. The second-order valence-corrected chi connectivity index (χ2v) is 8.50. The Morgan fingerprint density at radius 1 is 0.968 bits per heavy atom. The first kappa shape index (κ1) is 21.3. The molecule has 31 heavy (non-hydrogen) atoms. The Kier molecular flexibility index (Phi) is 6.82. The molecule has 1 aromatic heterocycles. The van der Waals surface area contributed by atoms with Crippen molar-refractivity contribution >= 4 is 17.5 Å². The summed E-state index contributed by atoms with van der Waals surface area (Å²) in [6, 6.07) is 11.0. The minimum Gasteiger partial charge on any atom is -0.352 e.